The molecule has 25 heavy (non-hydrogen) atoms. The fraction of sp³-hybridized carbons (Fsp3) is 0.412. The van der Waals surface area contributed by atoms with Crippen molar-refractivity contribution >= 4 is 33.5 Å². The number of fused-ring (bicyclic) bond motifs is 2. The molecule has 0 N–H and O–H groups in total. The van der Waals surface area contributed by atoms with Gasteiger partial charge in [0.1, 0.15) is 5.75 Å². The van der Waals surface area contributed by atoms with E-state index in [-0.39, 0.29) is 11.6 Å². The second-order valence-corrected chi connectivity index (χ2v) is 8.49. The Bertz CT molecular complexity index is 931. The van der Waals surface area contributed by atoms with Crippen LogP contribution in [-0.2, 0) is 7.05 Å². The van der Waals surface area contributed by atoms with Gasteiger partial charge in [0.2, 0.25) is 0 Å². The molecule has 2 aliphatic rings. The highest BCUT2D eigenvalue weighted by Gasteiger charge is 2.31. The fourth-order valence-corrected chi connectivity index (χ4v) is 4.63. The fourth-order valence-electron chi connectivity index (χ4n) is 3.14. The monoisotopic (exact) mass is 422 g/mol. The van der Waals surface area contributed by atoms with Gasteiger partial charge in [-0.1, -0.05) is 29.8 Å². The first-order valence-electron chi connectivity index (χ1n) is 8.22. The van der Waals surface area contributed by atoms with Gasteiger partial charge in [0.25, 0.3) is 0 Å². The number of benzene rings is 1. The van der Waals surface area contributed by atoms with E-state index in [1.165, 1.54) is 15.2 Å². The van der Waals surface area contributed by atoms with E-state index in [1.807, 2.05) is 16.5 Å². The Hall–Kier alpha value is -1.67. The Morgan fingerprint density at radius 1 is 1.36 bits per heavy atom. The Morgan fingerprint density at radius 2 is 2.16 bits per heavy atom. The van der Waals surface area contributed by atoms with E-state index in [2.05, 4.69) is 40.9 Å². The Balaban J connectivity index is 1.75. The van der Waals surface area contributed by atoms with Crippen LogP contribution < -0.4 is 14.8 Å². The maximum absolute atomic E-state index is 12.6. The first-order valence-corrected chi connectivity index (χ1v) is 9.79. The Labute approximate surface area is 158 Å². The third-order valence-electron chi connectivity index (χ3n) is 4.37. The van der Waals surface area contributed by atoms with Gasteiger partial charge in [0.15, 0.2) is 5.82 Å². The van der Waals surface area contributed by atoms with Gasteiger partial charge in [-0.25, -0.2) is 13.9 Å². The molecule has 0 fully saturated rings. The average molecular weight is 423 g/mol. The van der Waals surface area contributed by atoms with Crippen LogP contribution in [0.5, 0.6) is 5.75 Å². The quantitative estimate of drug-likeness (QED) is 0.695. The molecule has 1 aromatic carbocycles. The van der Waals surface area contributed by atoms with E-state index in [0.29, 0.717) is 13.2 Å². The molecule has 1 aromatic heterocycles. The normalized spacial score (nSPS) is 16.8. The Morgan fingerprint density at radius 3 is 2.92 bits per heavy atom. The summed E-state index contributed by atoms with van der Waals surface area (Å²) in [4.78, 5) is 13.9. The lowest BCUT2D eigenvalue weighted by molar-refractivity contribution is 0.325. The lowest BCUT2D eigenvalue weighted by atomic mass is 10.0. The third kappa shape index (κ3) is 2.81. The number of aromatic nitrogens is 3. The number of aryl methyl sites for hydroxylation is 1. The first-order chi connectivity index (χ1) is 12.0. The van der Waals surface area contributed by atoms with Crippen LogP contribution in [0.1, 0.15) is 37.6 Å². The summed E-state index contributed by atoms with van der Waals surface area (Å²) < 4.78 is 12.1. The van der Waals surface area contributed by atoms with Gasteiger partial charge in [-0.05, 0) is 23.8 Å². The molecule has 4 rings (SSSR count). The van der Waals surface area contributed by atoms with E-state index in [0.717, 1.165) is 28.0 Å². The first kappa shape index (κ1) is 16.8. The van der Waals surface area contributed by atoms with E-state index < -0.39 is 0 Å². The van der Waals surface area contributed by atoms with Gasteiger partial charge in [-0.15, -0.1) is 0 Å². The zero-order valence-corrected chi connectivity index (χ0v) is 16.7. The highest BCUT2D eigenvalue weighted by molar-refractivity contribution is 9.10. The SMILES string of the molecule is CC(C)c1nn(C)c(=O)n1N1CC2=C(CCOc3cc(Br)ccc32)S1. The smallest absolute Gasteiger partial charge is 0.365 e. The minimum absolute atomic E-state index is 0.110. The second-order valence-electron chi connectivity index (χ2n) is 6.47. The van der Waals surface area contributed by atoms with Crippen LogP contribution >= 0.6 is 27.9 Å². The number of rotatable bonds is 2. The molecule has 0 aliphatic carbocycles. The summed E-state index contributed by atoms with van der Waals surface area (Å²) in [5, 5.41) is 4.41. The lowest BCUT2D eigenvalue weighted by Crippen LogP contribution is -2.38. The van der Waals surface area contributed by atoms with Gasteiger partial charge < -0.3 is 4.74 Å². The van der Waals surface area contributed by atoms with Gasteiger partial charge >= 0.3 is 5.69 Å². The van der Waals surface area contributed by atoms with E-state index in [9.17, 15) is 4.79 Å². The number of ether oxygens (including phenoxy) is 1. The van der Waals surface area contributed by atoms with Crippen LogP contribution in [0.15, 0.2) is 32.4 Å². The van der Waals surface area contributed by atoms with Gasteiger partial charge in [-0.3, -0.25) is 0 Å². The minimum atomic E-state index is -0.110. The molecule has 0 unspecified atom stereocenters. The van der Waals surface area contributed by atoms with Crippen LogP contribution in [0.3, 0.4) is 0 Å². The predicted molar refractivity (Wildman–Crippen MR) is 103 cm³/mol. The van der Waals surface area contributed by atoms with Crippen LogP contribution in [0.25, 0.3) is 5.57 Å². The largest absolute Gasteiger partial charge is 0.493 e. The maximum atomic E-state index is 12.6. The number of halogens is 1. The zero-order valence-electron chi connectivity index (χ0n) is 14.3. The summed E-state index contributed by atoms with van der Waals surface area (Å²) in [6.45, 7) is 5.40. The standard InChI is InChI=1S/C17H19BrN4O2S/c1-10(2)16-19-20(3)17(23)22(16)21-9-13-12-5-4-11(18)8-14(12)24-7-6-15(13)25-21/h4-5,8,10H,6-7,9H2,1-3H3. The van der Waals surface area contributed by atoms with Crippen LogP contribution in [0.4, 0.5) is 0 Å². The van der Waals surface area contributed by atoms with E-state index in [4.69, 9.17) is 4.74 Å². The molecular weight excluding hydrogens is 404 g/mol. The van der Waals surface area contributed by atoms with Crippen molar-refractivity contribution < 1.29 is 4.74 Å². The molecule has 2 aliphatic heterocycles. The summed E-state index contributed by atoms with van der Waals surface area (Å²) in [6, 6.07) is 6.12. The topological polar surface area (TPSA) is 52.3 Å². The highest BCUT2D eigenvalue weighted by atomic mass is 79.9. The van der Waals surface area contributed by atoms with Crippen molar-refractivity contribution in [1.82, 2.24) is 14.5 Å². The number of hydrogen-bond donors (Lipinski definition) is 0. The molecule has 0 spiro atoms. The summed E-state index contributed by atoms with van der Waals surface area (Å²) in [5.74, 6) is 1.84. The lowest BCUT2D eigenvalue weighted by Gasteiger charge is -2.21. The molecule has 0 bridgehead atoms. The summed E-state index contributed by atoms with van der Waals surface area (Å²) in [7, 11) is 1.70. The Kier molecular flexibility index (Phi) is 4.19. The zero-order chi connectivity index (χ0) is 17.7. The van der Waals surface area contributed by atoms with Crippen molar-refractivity contribution in [3.63, 3.8) is 0 Å². The third-order valence-corrected chi connectivity index (χ3v) is 6.04. The summed E-state index contributed by atoms with van der Waals surface area (Å²) in [6.07, 6.45) is 0.842. The van der Waals surface area contributed by atoms with Crippen LogP contribution in [0.2, 0.25) is 0 Å². The molecule has 0 saturated heterocycles. The molecular formula is C17H19BrN4O2S. The second kappa shape index (κ2) is 6.25. The number of nitrogens with zero attached hydrogens (tertiary/aromatic N) is 4. The predicted octanol–water partition coefficient (Wildman–Crippen LogP) is 3.26. The summed E-state index contributed by atoms with van der Waals surface area (Å²) >= 11 is 5.13. The van der Waals surface area contributed by atoms with Gasteiger partial charge in [0, 0.05) is 46.3 Å². The highest BCUT2D eigenvalue weighted by Crippen LogP contribution is 2.44. The van der Waals surface area contributed by atoms with Crippen molar-refractivity contribution in [2.75, 3.05) is 17.6 Å². The van der Waals surface area contributed by atoms with E-state index in [1.54, 1.807) is 23.7 Å². The molecule has 0 saturated carbocycles. The molecule has 0 atom stereocenters. The van der Waals surface area contributed by atoms with Crippen molar-refractivity contribution in [3.8, 4) is 5.75 Å². The van der Waals surface area contributed by atoms with Crippen molar-refractivity contribution in [2.45, 2.75) is 26.2 Å². The molecule has 3 heterocycles. The molecule has 0 radical (unpaired) electrons. The van der Waals surface area contributed by atoms with Gasteiger partial charge in [0.05, 0.1) is 13.2 Å². The minimum Gasteiger partial charge on any atom is -0.493 e. The molecule has 8 heteroatoms. The maximum Gasteiger partial charge on any atom is 0.365 e. The molecule has 132 valence electrons. The van der Waals surface area contributed by atoms with Crippen molar-refractivity contribution in [2.24, 2.45) is 7.05 Å². The van der Waals surface area contributed by atoms with E-state index >= 15 is 0 Å². The average Bonchev–Trinajstić information content (AvgIpc) is 3.05. The van der Waals surface area contributed by atoms with Gasteiger partial charge in [-0.2, -0.15) is 9.77 Å². The molecule has 6 nitrogen and oxygen atoms in total. The number of hydrogen-bond acceptors (Lipinski definition) is 5. The summed E-state index contributed by atoms with van der Waals surface area (Å²) in [5.41, 5.74) is 2.23. The van der Waals surface area contributed by atoms with Crippen LogP contribution in [-0.4, -0.2) is 27.6 Å². The molecule has 0 amide bonds. The van der Waals surface area contributed by atoms with Crippen molar-refractivity contribution in [3.05, 3.63) is 49.4 Å². The van der Waals surface area contributed by atoms with Crippen LogP contribution in [0, 0.1) is 0 Å². The molecule has 2 aromatic rings. The van der Waals surface area contributed by atoms with Crippen molar-refractivity contribution in [1.29, 1.82) is 0 Å².